The Balaban J connectivity index is 1.65. The number of aromatic hydroxyl groups is 1. The number of nitrogens with one attached hydrogen (secondary N) is 1. The predicted octanol–water partition coefficient (Wildman–Crippen LogP) is 4.39. The molecular formula is C20H21N3O3. The minimum Gasteiger partial charge on any atom is -0.507 e. The van der Waals surface area contributed by atoms with Gasteiger partial charge in [0, 0.05) is 23.4 Å². The summed E-state index contributed by atoms with van der Waals surface area (Å²) >= 11 is 0. The molecule has 1 saturated heterocycles. The van der Waals surface area contributed by atoms with Crippen LogP contribution in [0.3, 0.4) is 0 Å². The number of benzene rings is 2. The molecule has 4 rings (SSSR count). The molecule has 0 spiro atoms. The molecule has 1 aliphatic heterocycles. The van der Waals surface area contributed by atoms with Crippen molar-refractivity contribution in [2.75, 3.05) is 11.9 Å². The summed E-state index contributed by atoms with van der Waals surface area (Å²) in [5, 5.41) is 18.6. The smallest absolute Gasteiger partial charge is 0.163 e. The molecule has 1 fully saturated rings. The summed E-state index contributed by atoms with van der Waals surface area (Å²) in [7, 11) is 0. The SMILES string of the molecule is CC(=O)c1cc(Nc2ccc3cnn(C4CCCCO4)c3c2)ccc1O. The molecular weight excluding hydrogens is 330 g/mol. The highest BCUT2D eigenvalue weighted by Crippen LogP contribution is 2.29. The van der Waals surface area contributed by atoms with Gasteiger partial charge in [-0.25, -0.2) is 4.68 Å². The zero-order valence-electron chi connectivity index (χ0n) is 14.6. The second-order valence-corrected chi connectivity index (χ2v) is 6.60. The molecule has 2 heterocycles. The standard InChI is InChI=1S/C20H21N3O3/c1-13(24)17-10-15(7-8-19(17)25)22-16-6-5-14-12-21-23(18(14)11-16)20-4-2-3-9-26-20/h5-8,10-12,20,22,25H,2-4,9H2,1H3. The van der Waals surface area contributed by atoms with Crippen molar-refractivity contribution in [1.82, 2.24) is 9.78 Å². The summed E-state index contributed by atoms with van der Waals surface area (Å²) in [5.41, 5.74) is 2.94. The van der Waals surface area contributed by atoms with Crippen LogP contribution in [0.5, 0.6) is 5.75 Å². The van der Waals surface area contributed by atoms with Crippen LogP contribution in [0.1, 0.15) is 42.8 Å². The van der Waals surface area contributed by atoms with Crippen LogP contribution in [-0.4, -0.2) is 27.3 Å². The average molecular weight is 351 g/mol. The van der Waals surface area contributed by atoms with Crippen LogP contribution >= 0.6 is 0 Å². The fraction of sp³-hybridized carbons (Fsp3) is 0.300. The highest BCUT2D eigenvalue weighted by atomic mass is 16.5. The number of hydrogen-bond acceptors (Lipinski definition) is 5. The zero-order chi connectivity index (χ0) is 18.1. The molecule has 1 atom stereocenters. The Bertz CT molecular complexity index is 958. The predicted molar refractivity (Wildman–Crippen MR) is 100.0 cm³/mol. The molecule has 0 aliphatic carbocycles. The Morgan fingerprint density at radius 2 is 2.04 bits per heavy atom. The maximum Gasteiger partial charge on any atom is 0.163 e. The lowest BCUT2D eigenvalue weighted by Crippen LogP contribution is -2.18. The number of phenolic OH excluding ortho intramolecular Hbond substituents is 1. The van der Waals surface area contributed by atoms with E-state index in [1.807, 2.05) is 29.1 Å². The van der Waals surface area contributed by atoms with Gasteiger partial charge in [0.2, 0.25) is 0 Å². The Morgan fingerprint density at radius 3 is 2.81 bits per heavy atom. The van der Waals surface area contributed by atoms with E-state index in [9.17, 15) is 9.90 Å². The summed E-state index contributed by atoms with van der Waals surface area (Å²) < 4.78 is 7.80. The van der Waals surface area contributed by atoms with Gasteiger partial charge in [0.1, 0.15) is 5.75 Å². The van der Waals surface area contributed by atoms with Gasteiger partial charge in [0.25, 0.3) is 0 Å². The number of phenols is 1. The van der Waals surface area contributed by atoms with E-state index in [4.69, 9.17) is 4.74 Å². The van der Waals surface area contributed by atoms with Crippen LogP contribution in [0.4, 0.5) is 11.4 Å². The lowest BCUT2D eigenvalue weighted by atomic mass is 10.1. The van der Waals surface area contributed by atoms with E-state index in [2.05, 4.69) is 10.4 Å². The zero-order valence-corrected chi connectivity index (χ0v) is 14.6. The monoisotopic (exact) mass is 351 g/mol. The van der Waals surface area contributed by atoms with Gasteiger partial charge in [-0.15, -0.1) is 0 Å². The molecule has 0 saturated carbocycles. The number of aromatic nitrogens is 2. The van der Waals surface area contributed by atoms with E-state index in [1.54, 1.807) is 12.1 Å². The van der Waals surface area contributed by atoms with E-state index in [-0.39, 0.29) is 17.8 Å². The number of Topliss-reactive ketones (excluding diaryl/α,β-unsaturated/α-hetero) is 1. The molecule has 3 aromatic rings. The minimum absolute atomic E-state index is 0.00831. The van der Waals surface area contributed by atoms with Crippen LogP contribution in [0.2, 0.25) is 0 Å². The molecule has 6 nitrogen and oxygen atoms in total. The van der Waals surface area contributed by atoms with Crippen LogP contribution in [-0.2, 0) is 4.74 Å². The van der Waals surface area contributed by atoms with Crippen molar-refractivity contribution in [2.45, 2.75) is 32.4 Å². The molecule has 1 aromatic heterocycles. The molecule has 0 amide bonds. The molecule has 2 aromatic carbocycles. The van der Waals surface area contributed by atoms with Crippen molar-refractivity contribution < 1.29 is 14.6 Å². The van der Waals surface area contributed by atoms with E-state index >= 15 is 0 Å². The third-order valence-electron chi connectivity index (χ3n) is 4.69. The second kappa shape index (κ2) is 6.80. The van der Waals surface area contributed by atoms with Crippen LogP contribution < -0.4 is 5.32 Å². The van der Waals surface area contributed by atoms with Crippen molar-refractivity contribution in [3.63, 3.8) is 0 Å². The highest BCUT2D eigenvalue weighted by molar-refractivity contribution is 5.98. The van der Waals surface area contributed by atoms with Gasteiger partial charge in [0.05, 0.1) is 17.3 Å². The van der Waals surface area contributed by atoms with Gasteiger partial charge in [-0.1, -0.05) is 0 Å². The van der Waals surface area contributed by atoms with Gasteiger partial charge in [0.15, 0.2) is 12.0 Å². The maximum absolute atomic E-state index is 11.6. The maximum atomic E-state index is 11.6. The fourth-order valence-corrected chi connectivity index (χ4v) is 3.32. The number of anilines is 2. The topological polar surface area (TPSA) is 76.4 Å². The summed E-state index contributed by atoms with van der Waals surface area (Å²) in [5.74, 6) is -0.180. The van der Waals surface area contributed by atoms with Crippen LogP contribution in [0.25, 0.3) is 10.9 Å². The molecule has 26 heavy (non-hydrogen) atoms. The average Bonchev–Trinajstić information content (AvgIpc) is 3.07. The number of carbonyl (C=O) groups is 1. The van der Waals surface area contributed by atoms with Crippen LogP contribution in [0, 0.1) is 0 Å². The molecule has 0 bridgehead atoms. The van der Waals surface area contributed by atoms with E-state index in [1.165, 1.54) is 13.0 Å². The molecule has 2 N–H and O–H groups in total. The molecule has 134 valence electrons. The Hall–Kier alpha value is -2.86. The summed E-state index contributed by atoms with van der Waals surface area (Å²) in [4.78, 5) is 11.6. The van der Waals surface area contributed by atoms with Crippen molar-refractivity contribution in [2.24, 2.45) is 0 Å². The van der Waals surface area contributed by atoms with Gasteiger partial charge in [-0.05, 0) is 62.6 Å². The molecule has 0 radical (unpaired) electrons. The third kappa shape index (κ3) is 3.15. The van der Waals surface area contributed by atoms with Gasteiger partial charge >= 0.3 is 0 Å². The Morgan fingerprint density at radius 1 is 1.23 bits per heavy atom. The molecule has 1 unspecified atom stereocenters. The molecule has 6 heteroatoms. The number of ether oxygens (including phenoxy) is 1. The second-order valence-electron chi connectivity index (χ2n) is 6.60. The number of ketones is 1. The summed E-state index contributed by atoms with van der Waals surface area (Å²) in [6.45, 7) is 2.21. The molecule has 1 aliphatic rings. The largest absolute Gasteiger partial charge is 0.507 e. The first-order valence-electron chi connectivity index (χ1n) is 8.82. The minimum atomic E-state index is -0.172. The number of nitrogens with zero attached hydrogens (tertiary/aromatic N) is 2. The Labute approximate surface area is 151 Å². The lowest BCUT2D eigenvalue weighted by Gasteiger charge is -2.23. The van der Waals surface area contributed by atoms with E-state index in [0.717, 1.165) is 48.1 Å². The quantitative estimate of drug-likeness (QED) is 0.539. The third-order valence-corrected chi connectivity index (χ3v) is 4.69. The van der Waals surface area contributed by atoms with Gasteiger partial charge in [-0.2, -0.15) is 5.10 Å². The number of rotatable bonds is 4. The fourth-order valence-electron chi connectivity index (χ4n) is 3.32. The van der Waals surface area contributed by atoms with Gasteiger partial charge in [-0.3, -0.25) is 4.79 Å². The number of hydrogen-bond donors (Lipinski definition) is 2. The van der Waals surface area contributed by atoms with Crippen molar-refractivity contribution in [1.29, 1.82) is 0 Å². The first-order chi connectivity index (χ1) is 12.6. The van der Waals surface area contributed by atoms with E-state index in [0.29, 0.717) is 5.56 Å². The lowest BCUT2D eigenvalue weighted by molar-refractivity contribution is -0.0366. The van der Waals surface area contributed by atoms with Crippen molar-refractivity contribution in [3.8, 4) is 5.75 Å². The van der Waals surface area contributed by atoms with Gasteiger partial charge < -0.3 is 15.2 Å². The summed E-state index contributed by atoms with van der Waals surface area (Å²) in [6.07, 6.45) is 5.04. The van der Waals surface area contributed by atoms with Crippen LogP contribution in [0.15, 0.2) is 42.6 Å². The first kappa shape index (κ1) is 16.6. The highest BCUT2D eigenvalue weighted by Gasteiger charge is 2.18. The number of fused-ring (bicyclic) bond motifs is 1. The summed E-state index contributed by atoms with van der Waals surface area (Å²) in [6, 6.07) is 10.9. The first-order valence-corrected chi connectivity index (χ1v) is 8.82. The van der Waals surface area contributed by atoms with Crippen molar-refractivity contribution >= 4 is 28.1 Å². The Kier molecular flexibility index (Phi) is 4.34. The van der Waals surface area contributed by atoms with E-state index < -0.39 is 0 Å². The normalized spacial score (nSPS) is 17.3. The number of carbonyl (C=O) groups excluding carboxylic acids is 1. The van der Waals surface area contributed by atoms with Crippen molar-refractivity contribution in [3.05, 3.63) is 48.2 Å².